The third-order valence-electron chi connectivity index (χ3n) is 1.97. The maximum atomic E-state index is 11.7. The first kappa shape index (κ1) is 14.9. The summed E-state index contributed by atoms with van der Waals surface area (Å²) in [4.78, 5) is 0. The SMILES string of the molecule is CC(C)(C)NCc1cn(CCOC(F)(F)F)nn1. The molecular weight excluding hydrogens is 249 g/mol. The van der Waals surface area contributed by atoms with E-state index in [4.69, 9.17) is 0 Å². The van der Waals surface area contributed by atoms with Crippen LogP contribution in [0.25, 0.3) is 0 Å². The van der Waals surface area contributed by atoms with Crippen LogP contribution >= 0.6 is 0 Å². The van der Waals surface area contributed by atoms with Gasteiger partial charge in [-0.3, -0.25) is 4.74 Å². The minimum atomic E-state index is -4.60. The zero-order valence-electron chi connectivity index (χ0n) is 10.6. The van der Waals surface area contributed by atoms with E-state index in [1.807, 2.05) is 20.8 Å². The van der Waals surface area contributed by atoms with E-state index in [0.717, 1.165) is 0 Å². The van der Waals surface area contributed by atoms with Gasteiger partial charge in [-0.25, -0.2) is 4.68 Å². The lowest BCUT2D eigenvalue weighted by molar-refractivity contribution is -0.325. The monoisotopic (exact) mass is 266 g/mol. The molecule has 8 heteroatoms. The predicted octanol–water partition coefficient (Wildman–Crippen LogP) is 1.70. The third-order valence-corrected chi connectivity index (χ3v) is 1.97. The lowest BCUT2D eigenvalue weighted by atomic mass is 10.1. The molecule has 1 N–H and O–H groups in total. The third kappa shape index (κ3) is 6.55. The van der Waals surface area contributed by atoms with E-state index in [1.165, 1.54) is 4.68 Å². The average molecular weight is 266 g/mol. The molecule has 0 fully saturated rings. The van der Waals surface area contributed by atoms with Crippen molar-refractivity contribution in [1.82, 2.24) is 20.3 Å². The summed E-state index contributed by atoms with van der Waals surface area (Å²) in [7, 11) is 0. The van der Waals surface area contributed by atoms with Crippen molar-refractivity contribution in [3.05, 3.63) is 11.9 Å². The van der Waals surface area contributed by atoms with Gasteiger partial charge in [0.15, 0.2) is 0 Å². The van der Waals surface area contributed by atoms with Crippen LogP contribution in [-0.4, -0.2) is 33.5 Å². The number of hydrogen-bond acceptors (Lipinski definition) is 4. The molecule has 0 aliphatic carbocycles. The largest absolute Gasteiger partial charge is 0.522 e. The molecule has 1 rings (SSSR count). The van der Waals surface area contributed by atoms with Gasteiger partial charge in [0.1, 0.15) is 0 Å². The van der Waals surface area contributed by atoms with Crippen molar-refractivity contribution in [3.8, 4) is 0 Å². The average Bonchev–Trinajstić information content (AvgIpc) is 2.60. The van der Waals surface area contributed by atoms with Crippen LogP contribution in [0.15, 0.2) is 6.20 Å². The quantitative estimate of drug-likeness (QED) is 0.881. The Morgan fingerprint density at radius 2 is 2.00 bits per heavy atom. The minimum Gasteiger partial charge on any atom is -0.306 e. The first-order valence-corrected chi connectivity index (χ1v) is 5.50. The molecule has 0 atom stereocenters. The molecular formula is C10H17F3N4O. The van der Waals surface area contributed by atoms with Gasteiger partial charge in [0, 0.05) is 18.3 Å². The van der Waals surface area contributed by atoms with E-state index < -0.39 is 13.0 Å². The van der Waals surface area contributed by atoms with Crippen LogP contribution in [0.3, 0.4) is 0 Å². The van der Waals surface area contributed by atoms with Crippen molar-refractivity contribution in [2.24, 2.45) is 0 Å². The smallest absolute Gasteiger partial charge is 0.306 e. The Morgan fingerprint density at radius 3 is 2.56 bits per heavy atom. The van der Waals surface area contributed by atoms with Crippen LogP contribution in [0.1, 0.15) is 26.5 Å². The number of nitrogens with zero attached hydrogens (tertiary/aromatic N) is 3. The highest BCUT2D eigenvalue weighted by molar-refractivity contribution is 4.92. The van der Waals surface area contributed by atoms with E-state index in [1.54, 1.807) is 6.20 Å². The molecule has 0 amide bonds. The molecule has 1 aromatic rings. The molecule has 1 aromatic heterocycles. The van der Waals surface area contributed by atoms with Gasteiger partial charge in [-0.15, -0.1) is 18.3 Å². The molecule has 0 saturated heterocycles. The van der Waals surface area contributed by atoms with Crippen molar-refractivity contribution in [2.45, 2.75) is 45.8 Å². The molecule has 0 aliphatic heterocycles. The summed E-state index contributed by atoms with van der Waals surface area (Å²) < 4.78 is 40.2. The number of halogens is 3. The van der Waals surface area contributed by atoms with Crippen molar-refractivity contribution in [1.29, 1.82) is 0 Å². The number of nitrogens with one attached hydrogen (secondary N) is 1. The molecule has 18 heavy (non-hydrogen) atoms. The second kappa shape index (κ2) is 5.66. The fourth-order valence-corrected chi connectivity index (χ4v) is 1.14. The fourth-order valence-electron chi connectivity index (χ4n) is 1.14. The maximum absolute atomic E-state index is 11.7. The first-order valence-electron chi connectivity index (χ1n) is 5.50. The van der Waals surface area contributed by atoms with Gasteiger partial charge >= 0.3 is 6.36 Å². The summed E-state index contributed by atoms with van der Waals surface area (Å²) >= 11 is 0. The van der Waals surface area contributed by atoms with Gasteiger partial charge in [0.25, 0.3) is 0 Å². The Balaban J connectivity index is 2.35. The summed E-state index contributed by atoms with van der Waals surface area (Å²) in [6.45, 7) is 6.09. The summed E-state index contributed by atoms with van der Waals surface area (Å²) in [5.74, 6) is 0. The van der Waals surface area contributed by atoms with Gasteiger partial charge in [-0.1, -0.05) is 5.21 Å². The summed E-state index contributed by atoms with van der Waals surface area (Å²) in [5, 5.41) is 10.8. The zero-order valence-corrected chi connectivity index (χ0v) is 10.6. The van der Waals surface area contributed by atoms with Gasteiger partial charge in [0.05, 0.1) is 18.8 Å². The summed E-state index contributed by atoms with van der Waals surface area (Å²) in [6, 6.07) is 0. The second-order valence-electron chi connectivity index (χ2n) is 4.87. The number of aromatic nitrogens is 3. The van der Waals surface area contributed by atoms with Gasteiger partial charge in [0.2, 0.25) is 0 Å². The molecule has 0 bridgehead atoms. The molecule has 0 aliphatic rings. The molecule has 1 heterocycles. The van der Waals surface area contributed by atoms with E-state index in [2.05, 4.69) is 20.4 Å². The number of alkyl halides is 3. The number of rotatable bonds is 5. The number of hydrogen-bond donors (Lipinski definition) is 1. The highest BCUT2D eigenvalue weighted by Crippen LogP contribution is 2.15. The molecule has 0 saturated carbocycles. The predicted molar refractivity (Wildman–Crippen MR) is 58.6 cm³/mol. The number of ether oxygens (including phenoxy) is 1. The van der Waals surface area contributed by atoms with Crippen molar-refractivity contribution in [3.63, 3.8) is 0 Å². The Labute approximate surface area is 103 Å². The van der Waals surface area contributed by atoms with Crippen LogP contribution in [0.5, 0.6) is 0 Å². The highest BCUT2D eigenvalue weighted by atomic mass is 19.4. The maximum Gasteiger partial charge on any atom is 0.522 e. The molecule has 0 spiro atoms. The summed E-state index contributed by atoms with van der Waals surface area (Å²) in [5.41, 5.74) is 0.625. The molecule has 104 valence electrons. The van der Waals surface area contributed by atoms with Gasteiger partial charge in [-0.05, 0) is 20.8 Å². The van der Waals surface area contributed by atoms with Crippen LogP contribution in [0.4, 0.5) is 13.2 Å². The van der Waals surface area contributed by atoms with E-state index in [-0.39, 0.29) is 12.1 Å². The normalized spacial score (nSPS) is 13.0. The molecule has 0 aromatic carbocycles. The van der Waals surface area contributed by atoms with E-state index in [9.17, 15) is 13.2 Å². The standard InChI is InChI=1S/C10H17F3N4O/c1-9(2,3)14-6-8-7-17(16-15-8)4-5-18-10(11,12)13/h7,14H,4-6H2,1-3H3. The Morgan fingerprint density at radius 1 is 1.33 bits per heavy atom. The van der Waals surface area contributed by atoms with Crippen LogP contribution in [-0.2, 0) is 17.8 Å². The Bertz CT molecular complexity index is 370. The van der Waals surface area contributed by atoms with Crippen molar-refractivity contribution in [2.75, 3.05) is 6.61 Å². The van der Waals surface area contributed by atoms with E-state index >= 15 is 0 Å². The topological polar surface area (TPSA) is 52.0 Å². The summed E-state index contributed by atoms with van der Waals surface area (Å²) in [6.07, 6.45) is -3.00. The van der Waals surface area contributed by atoms with Gasteiger partial charge in [-0.2, -0.15) is 0 Å². The highest BCUT2D eigenvalue weighted by Gasteiger charge is 2.28. The van der Waals surface area contributed by atoms with Crippen molar-refractivity contribution < 1.29 is 17.9 Å². The molecule has 5 nitrogen and oxygen atoms in total. The minimum absolute atomic E-state index is 0.0159. The fraction of sp³-hybridized carbons (Fsp3) is 0.800. The zero-order chi connectivity index (χ0) is 13.8. The Hall–Kier alpha value is -1.15. The van der Waals surface area contributed by atoms with Gasteiger partial charge < -0.3 is 5.32 Å². The lowest BCUT2D eigenvalue weighted by Gasteiger charge is -2.19. The van der Waals surface area contributed by atoms with Crippen LogP contribution in [0.2, 0.25) is 0 Å². The van der Waals surface area contributed by atoms with Crippen LogP contribution < -0.4 is 5.32 Å². The Kier molecular flexibility index (Phi) is 4.69. The van der Waals surface area contributed by atoms with E-state index in [0.29, 0.717) is 12.2 Å². The van der Waals surface area contributed by atoms with Crippen molar-refractivity contribution >= 4 is 0 Å². The van der Waals surface area contributed by atoms with Crippen LogP contribution in [0, 0.1) is 0 Å². The molecule has 0 unspecified atom stereocenters. The lowest BCUT2D eigenvalue weighted by Crippen LogP contribution is -2.35. The molecule has 0 radical (unpaired) electrons. The first-order chi connectivity index (χ1) is 8.16. The second-order valence-corrected chi connectivity index (χ2v) is 4.87.